The second kappa shape index (κ2) is 7.48. The molecule has 0 saturated heterocycles. The Morgan fingerprint density at radius 3 is 2.55 bits per heavy atom. The zero-order valence-electron chi connectivity index (χ0n) is 15.8. The molecule has 0 unspecified atom stereocenters. The van der Waals surface area contributed by atoms with E-state index in [2.05, 4.69) is 11.1 Å². The number of carbonyl (C=O) groups is 1. The van der Waals surface area contributed by atoms with Gasteiger partial charge < -0.3 is 4.42 Å². The Morgan fingerprint density at radius 1 is 1.17 bits per heavy atom. The molecule has 0 aliphatic heterocycles. The summed E-state index contributed by atoms with van der Waals surface area (Å²) < 4.78 is 6.42. The minimum atomic E-state index is -0.493. The minimum Gasteiger partial charge on any atom is -0.467 e. The molecule has 0 N–H and O–H groups in total. The summed E-state index contributed by atoms with van der Waals surface area (Å²) >= 11 is 1.43. The molecule has 29 heavy (non-hydrogen) atoms. The molecule has 146 valence electrons. The van der Waals surface area contributed by atoms with Gasteiger partial charge in [0.05, 0.1) is 27.9 Å². The average molecular weight is 407 g/mol. The predicted molar refractivity (Wildman–Crippen MR) is 111 cm³/mol. The summed E-state index contributed by atoms with van der Waals surface area (Å²) in [5.41, 5.74) is 3.40. The fourth-order valence-electron chi connectivity index (χ4n) is 2.95. The molecule has 8 heteroatoms. The van der Waals surface area contributed by atoms with Crippen LogP contribution in [-0.2, 0) is 6.54 Å². The van der Waals surface area contributed by atoms with Crippen molar-refractivity contribution in [2.75, 3.05) is 4.90 Å². The highest BCUT2D eigenvalue weighted by atomic mass is 32.1. The van der Waals surface area contributed by atoms with Gasteiger partial charge in [0.1, 0.15) is 5.76 Å². The van der Waals surface area contributed by atoms with E-state index in [1.165, 1.54) is 40.5 Å². The van der Waals surface area contributed by atoms with E-state index in [0.717, 1.165) is 21.3 Å². The summed E-state index contributed by atoms with van der Waals surface area (Å²) in [6.45, 7) is 4.27. The summed E-state index contributed by atoms with van der Waals surface area (Å²) in [4.78, 5) is 29.8. The molecule has 2 aromatic carbocycles. The Labute approximate surface area is 170 Å². The van der Waals surface area contributed by atoms with Gasteiger partial charge in [-0.25, -0.2) is 4.98 Å². The summed E-state index contributed by atoms with van der Waals surface area (Å²) in [6.07, 6.45) is 1.55. The van der Waals surface area contributed by atoms with Gasteiger partial charge in [0, 0.05) is 17.7 Å². The number of non-ortho nitro benzene ring substituents is 1. The number of rotatable bonds is 5. The van der Waals surface area contributed by atoms with Gasteiger partial charge in [-0.15, -0.1) is 0 Å². The number of benzene rings is 2. The summed E-state index contributed by atoms with van der Waals surface area (Å²) in [7, 11) is 0. The highest BCUT2D eigenvalue weighted by Crippen LogP contribution is 2.32. The van der Waals surface area contributed by atoms with Crippen LogP contribution in [0.3, 0.4) is 0 Å². The second-order valence-corrected chi connectivity index (χ2v) is 7.68. The molecule has 0 bridgehead atoms. The quantitative estimate of drug-likeness (QED) is 0.332. The molecule has 0 aliphatic carbocycles. The van der Waals surface area contributed by atoms with Crippen LogP contribution in [0.15, 0.2) is 59.2 Å². The number of amides is 1. The van der Waals surface area contributed by atoms with Gasteiger partial charge in [-0.3, -0.25) is 19.8 Å². The van der Waals surface area contributed by atoms with Gasteiger partial charge >= 0.3 is 0 Å². The second-order valence-electron chi connectivity index (χ2n) is 6.68. The molecule has 0 aliphatic rings. The van der Waals surface area contributed by atoms with Crippen molar-refractivity contribution in [3.8, 4) is 0 Å². The van der Waals surface area contributed by atoms with Crippen LogP contribution in [0.25, 0.3) is 10.2 Å². The van der Waals surface area contributed by atoms with Crippen LogP contribution in [0.2, 0.25) is 0 Å². The number of hydrogen-bond acceptors (Lipinski definition) is 6. The SMILES string of the molecule is Cc1cc2nc(N(Cc3ccco3)C(=O)c3ccc([N+](=O)[O-])cc3)sc2cc1C. The topological polar surface area (TPSA) is 89.5 Å². The first kappa shape index (κ1) is 18.8. The van der Waals surface area contributed by atoms with Crippen LogP contribution in [0.4, 0.5) is 10.8 Å². The van der Waals surface area contributed by atoms with Gasteiger partial charge in [0.25, 0.3) is 11.6 Å². The number of carbonyl (C=O) groups excluding carboxylic acids is 1. The van der Waals surface area contributed by atoms with E-state index >= 15 is 0 Å². The smallest absolute Gasteiger partial charge is 0.269 e. The van der Waals surface area contributed by atoms with Crippen LogP contribution in [0, 0.1) is 24.0 Å². The fraction of sp³-hybridized carbons (Fsp3) is 0.143. The van der Waals surface area contributed by atoms with Crippen molar-refractivity contribution in [3.63, 3.8) is 0 Å². The number of thiazole rings is 1. The van der Waals surface area contributed by atoms with Crippen molar-refractivity contribution in [2.45, 2.75) is 20.4 Å². The first-order valence-electron chi connectivity index (χ1n) is 8.89. The van der Waals surface area contributed by atoms with E-state index in [4.69, 9.17) is 4.42 Å². The Hall–Kier alpha value is -3.52. The standard InChI is InChI=1S/C21H17N3O4S/c1-13-10-18-19(11-14(13)2)29-21(22-18)23(12-17-4-3-9-28-17)20(25)15-5-7-16(8-6-15)24(26)27/h3-11H,12H2,1-2H3. The van der Waals surface area contributed by atoms with Gasteiger partial charge in [-0.2, -0.15) is 0 Å². The Balaban J connectivity index is 1.75. The van der Waals surface area contributed by atoms with Crippen molar-refractivity contribution in [1.29, 1.82) is 0 Å². The first-order chi connectivity index (χ1) is 13.9. The molecular formula is C21H17N3O4S. The molecule has 0 spiro atoms. The molecule has 2 heterocycles. The number of anilines is 1. The zero-order valence-corrected chi connectivity index (χ0v) is 16.6. The lowest BCUT2D eigenvalue weighted by atomic mass is 10.1. The van der Waals surface area contributed by atoms with Crippen LogP contribution in [0.1, 0.15) is 27.2 Å². The molecule has 0 radical (unpaired) electrons. The molecule has 1 amide bonds. The number of hydrogen-bond donors (Lipinski definition) is 0. The van der Waals surface area contributed by atoms with Gasteiger partial charge in [0.2, 0.25) is 0 Å². The Bertz CT molecular complexity index is 1160. The molecule has 0 saturated carbocycles. The number of furan rings is 1. The Kier molecular flexibility index (Phi) is 4.85. The predicted octanol–water partition coefficient (Wildman–Crippen LogP) is 5.26. The van der Waals surface area contributed by atoms with Crippen molar-refractivity contribution >= 4 is 38.3 Å². The van der Waals surface area contributed by atoms with Crippen LogP contribution in [0.5, 0.6) is 0 Å². The molecule has 4 aromatic rings. The normalized spacial score (nSPS) is 11.0. The lowest BCUT2D eigenvalue weighted by Gasteiger charge is -2.18. The van der Waals surface area contributed by atoms with E-state index < -0.39 is 4.92 Å². The maximum absolute atomic E-state index is 13.2. The van der Waals surface area contributed by atoms with Crippen LogP contribution >= 0.6 is 11.3 Å². The lowest BCUT2D eigenvalue weighted by molar-refractivity contribution is -0.384. The molecule has 4 rings (SSSR count). The highest BCUT2D eigenvalue weighted by Gasteiger charge is 2.23. The number of nitrogens with zero attached hydrogens (tertiary/aromatic N) is 3. The van der Waals surface area contributed by atoms with E-state index in [-0.39, 0.29) is 18.1 Å². The number of aromatic nitrogens is 1. The van der Waals surface area contributed by atoms with Gasteiger partial charge in [0.15, 0.2) is 5.13 Å². The number of fused-ring (bicyclic) bond motifs is 1. The number of nitro groups is 1. The van der Waals surface area contributed by atoms with Crippen molar-refractivity contribution in [1.82, 2.24) is 4.98 Å². The molecule has 2 aromatic heterocycles. The molecule has 0 fully saturated rings. The maximum atomic E-state index is 13.2. The summed E-state index contributed by atoms with van der Waals surface area (Å²) in [5, 5.41) is 11.4. The van der Waals surface area contributed by atoms with Crippen molar-refractivity contribution < 1.29 is 14.1 Å². The van der Waals surface area contributed by atoms with E-state index in [1.807, 2.05) is 19.9 Å². The largest absolute Gasteiger partial charge is 0.467 e. The monoisotopic (exact) mass is 407 g/mol. The van der Waals surface area contributed by atoms with Gasteiger partial charge in [-0.05, 0) is 61.4 Å². The average Bonchev–Trinajstić information content (AvgIpc) is 3.35. The highest BCUT2D eigenvalue weighted by molar-refractivity contribution is 7.22. The third-order valence-electron chi connectivity index (χ3n) is 4.69. The zero-order chi connectivity index (χ0) is 20.5. The van der Waals surface area contributed by atoms with E-state index in [1.54, 1.807) is 18.4 Å². The van der Waals surface area contributed by atoms with Gasteiger partial charge in [-0.1, -0.05) is 11.3 Å². The third kappa shape index (κ3) is 3.74. The number of nitro benzene ring substituents is 1. The van der Waals surface area contributed by atoms with Crippen molar-refractivity contribution in [3.05, 3.63) is 87.4 Å². The molecule has 7 nitrogen and oxygen atoms in total. The van der Waals surface area contributed by atoms with Crippen LogP contribution in [-0.4, -0.2) is 15.8 Å². The fourth-order valence-corrected chi connectivity index (χ4v) is 3.99. The maximum Gasteiger partial charge on any atom is 0.269 e. The molecule has 0 atom stereocenters. The van der Waals surface area contributed by atoms with Crippen molar-refractivity contribution in [2.24, 2.45) is 0 Å². The van der Waals surface area contributed by atoms with E-state index in [0.29, 0.717) is 16.5 Å². The lowest BCUT2D eigenvalue weighted by Crippen LogP contribution is -2.30. The summed E-state index contributed by atoms with van der Waals surface area (Å²) in [6, 6.07) is 13.2. The third-order valence-corrected chi connectivity index (χ3v) is 5.73. The minimum absolute atomic E-state index is 0.0647. The summed E-state index contributed by atoms with van der Waals surface area (Å²) in [5.74, 6) is 0.315. The Morgan fingerprint density at radius 2 is 1.90 bits per heavy atom. The first-order valence-corrected chi connectivity index (χ1v) is 9.70. The van der Waals surface area contributed by atoms with Crippen LogP contribution < -0.4 is 4.90 Å². The molecular weight excluding hydrogens is 390 g/mol. The number of aryl methyl sites for hydroxylation is 2. The van der Waals surface area contributed by atoms with E-state index in [9.17, 15) is 14.9 Å².